The van der Waals surface area contributed by atoms with E-state index in [4.69, 9.17) is 14.2 Å². The molecule has 0 aromatic rings. The van der Waals surface area contributed by atoms with Gasteiger partial charge in [-0.25, -0.2) is 14.4 Å². The van der Waals surface area contributed by atoms with Crippen LogP contribution in [-0.4, -0.2) is 90.7 Å². The average molecular weight is 471 g/mol. The molecule has 4 unspecified atom stereocenters. The van der Waals surface area contributed by atoms with Gasteiger partial charge in [0.05, 0.1) is 18.2 Å². The van der Waals surface area contributed by atoms with Crippen molar-refractivity contribution in [1.29, 1.82) is 0 Å². The molecule has 186 valence electrons. The summed E-state index contributed by atoms with van der Waals surface area (Å²) in [6.45, 7) is 1.92. The summed E-state index contributed by atoms with van der Waals surface area (Å²) < 4.78 is 21.5. The van der Waals surface area contributed by atoms with E-state index in [0.717, 1.165) is 12.8 Å². The van der Waals surface area contributed by atoms with Gasteiger partial charge in [0.15, 0.2) is 6.29 Å². The molecular formula is C22H34N2O9. The second-order valence-electron chi connectivity index (χ2n) is 9.22. The maximum atomic E-state index is 12.3. The second-order valence-corrected chi connectivity index (χ2v) is 9.22. The van der Waals surface area contributed by atoms with Crippen molar-refractivity contribution in [1.82, 2.24) is 10.2 Å². The van der Waals surface area contributed by atoms with Crippen LogP contribution in [0.3, 0.4) is 0 Å². The number of aliphatic hydroxyl groups excluding tert-OH is 1. The fraction of sp³-hybridized carbons (Fsp3) is 0.818. The number of hydrogen-bond acceptors (Lipinski definition) is 10. The molecular weight excluding hydrogens is 436 g/mol. The first-order valence-corrected chi connectivity index (χ1v) is 11.6. The Morgan fingerprint density at radius 3 is 2.52 bits per heavy atom. The van der Waals surface area contributed by atoms with Crippen LogP contribution in [0, 0.1) is 0 Å². The van der Waals surface area contributed by atoms with Gasteiger partial charge >= 0.3 is 18.0 Å². The summed E-state index contributed by atoms with van der Waals surface area (Å²) in [6, 6.07) is -0.741. The lowest BCUT2D eigenvalue weighted by Gasteiger charge is -2.42. The number of esters is 2. The fourth-order valence-corrected chi connectivity index (χ4v) is 4.53. The number of hydrogen-bond donors (Lipinski definition) is 2. The molecule has 0 spiro atoms. The molecule has 7 atom stereocenters. The number of aliphatic hydroxyl groups is 1. The maximum Gasteiger partial charge on any atom is 0.408 e. The zero-order valence-electron chi connectivity index (χ0n) is 19.4. The van der Waals surface area contributed by atoms with Crippen LogP contribution in [0.2, 0.25) is 0 Å². The van der Waals surface area contributed by atoms with Crippen LogP contribution >= 0.6 is 0 Å². The number of rotatable bonds is 3. The van der Waals surface area contributed by atoms with Crippen molar-refractivity contribution in [2.24, 2.45) is 0 Å². The highest BCUT2D eigenvalue weighted by atomic mass is 16.7. The standard InChI is InChI=1S/C22H34N2O9/c1-12-11-15(24(2)3)17(26)21(30-12)31-13-7-5-4-6-8-14-18(32-22(29)23-14)20(28)33-19(27)16(25)10-9-13/h12-15,17-18,21,26H,4-11H2,1-3H3,(H,23,29)/t12-,13?,14?,15+,17-,18?,21?/m1/s1. The van der Waals surface area contributed by atoms with E-state index in [1.165, 1.54) is 0 Å². The monoisotopic (exact) mass is 470 g/mol. The van der Waals surface area contributed by atoms with Crippen molar-refractivity contribution >= 4 is 23.8 Å². The zero-order valence-corrected chi connectivity index (χ0v) is 19.4. The van der Waals surface area contributed by atoms with Gasteiger partial charge < -0.3 is 34.3 Å². The Morgan fingerprint density at radius 1 is 1.06 bits per heavy atom. The lowest BCUT2D eigenvalue weighted by atomic mass is 9.98. The normalized spacial score (nSPS) is 37.1. The number of carbonyl (C=O) groups excluding carboxylic acids is 4. The summed E-state index contributed by atoms with van der Waals surface area (Å²) in [5.74, 6) is -3.20. The number of likely N-dealkylation sites (N-methyl/N-ethyl adjacent to an activating group) is 1. The quantitative estimate of drug-likeness (QED) is 0.343. The molecule has 3 fully saturated rings. The fourth-order valence-electron chi connectivity index (χ4n) is 4.53. The zero-order chi connectivity index (χ0) is 24.1. The third-order valence-electron chi connectivity index (χ3n) is 6.39. The van der Waals surface area contributed by atoms with Crippen LogP contribution in [-0.2, 0) is 33.3 Å². The molecule has 1 amide bonds. The molecule has 0 aliphatic carbocycles. The molecule has 0 radical (unpaired) electrons. The van der Waals surface area contributed by atoms with E-state index < -0.39 is 54.5 Å². The molecule has 33 heavy (non-hydrogen) atoms. The average Bonchev–Trinajstić information content (AvgIpc) is 3.13. The predicted octanol–water partition coefficient (Wildman–Crippen LogP) is 0.658. The molecule has 3 rings (SSSR count). The van der Waals surface area contributed by atoms with Gasteiger partial charge in [-0.15, -0.1) is 0 Å². The van der Waals surface area contributed by atoms with Crippen molar-refractivity contribution < 1.29 is 43.2 Å². The van der Waals surface area contributed by atoms with Crippen LogP contribution in [0.15, 0.2) is 0 Å². The topological polar surface area (TPSA) is 141 Å². The lowest BCUT2D eigenvalue weighted by Crippen LogP contribution is -2.54. The van der Waals surface area contributed by atoms with Crippen molar-refractivity contribution in [3.63, 3.8) is 0 Å². The van der Waals surface area contributed by atoms with Crippen LogP contribution in [0.1, 0.15) is 58.3 Å². The van der Waals surface area contributed by atoms with Gasteiger partial charge in [0, 0.05) is 12.5 Å². The van der Waals surface area contributed by atoms with E-state index in [9.17, 15) is 24.3 Å². The minimum absolute atomic E-state index is 0.108. The van der Waals surface area contributed by atoms with E-state index in [-0.39, 0.29) is 25.0 Å². The number of nitrogens with one attached hydrogen (secondary N) is 1. The molecule has 3 aliphatic rings. The first-order chi connectivity index (χ1) is 15.7. The van der Waals surface area contributed by atoms with Crippen molar-refractivity contribution in [2.45, 2.75) is 101 Å². The van der Waals surface area contributed by atoms with Crippen molar-refractivity contribution in [3.8, 4) is 0 Å². The van der Waals surface area contributed by atoms with E-state index in [0.29, 0.717) is 25.7 Å². The molecule has 0 bridgehead atoms. The minimum atomic E-state index is -1.28. The van der Waals surface area contributed by atoms with E-state index in [2.05, 4.69) is 10.1 Å². The third-order valence-corrected chi connectivity index (χ3v) is 6.39. The van der Waals surface area contributed by atoms with Crippen LogP contribution < -0.4 is 5.32 Å². The highest BCUT2D eigenvalue weighted by Crippen LogP contribution is 2.27. The summed E-state index contributed by atoms with van der Waals surface area (Å²) in [6.07, 6.45) is -0.192. The molecule has 2 N–H and O–H groups in total. The maximum absolute atomic E-state index is 12.3. The van der Waals surface area contributed by atoms with E-state index in [1.807, 2.05) is 25.9 Å². The molecule has 11 nitrogen and oxygen atoms in total. The van der Waals surface area contributed by atoms with E-state index >= 15 is 0 Å². The van der Waals surface area contributed by atoms with E-state index in [1.54, 1.807) is 0 Å². The predicted molar refractivity (Wildman–Crippen MR) is 113 cm³/mol. The molecule has 11 heteroatoms. The Morgan fingerprint density at radius 2 is 1.79 bits per heavy atom. The van der Waals surface area contributed by atoms with Gasteiger partial charge in [-0.2, -0.15) is 0 Å². The number of nitrogens with zero attached hydrogens (tertiary/aromatic N) is 1. The number of carbonyl (C=O) groups is 4. The third kappa shape index (κ3) is 6.72. The summed E-state index contributed by atoms with van der Waals surface area (Å²) in [4.78, 5) is 50.1. The summed E-state index contributed by atoms with van der Waals surface area (Å²) in [5, 5.41) is 13.3. The Kier molecular flexibility index (Phi) is 8.80. The Hall–Kier alpha value is -2.08. The van der Waals surface area contributed by atoms with Gasteiger partial charge in [0.2, 0.25) is 11.9 Å². The number of cyclic esters (lactones) is 2. The largest absolute Gasteiger partial charge is 0.432 e. The van der Waals surface area contributed by atoms with Crippen molar-refractivity contribution in [3.05, 3.63) is 0 Å². The van der Waals surface area contributed by atoms with Crippen LogP contribution in [0.4, 0.5) is 4.79 Å². The highest BCUT2D eigenvalue weighted by molar-refractivity contribution is 6.35. The minimum Gasteiger partial charge on any atom is -0.432 e. The van der Waals surface area contributed by atoms with Crippen LogP contribution in [0.5, 0.6) is 0 Å². The first-order valence-electron chi connectivity index (χ1n) is 11.6. The van der Waals surface area contributed by atoms with Gasteiger partial charge in [-0.1, -0.05) is 19.3 Å². The lowest BCUT2D eigenvalue weighted by molar-refractivity contribution is -0.269. The number of Topliss-reactive ketones (excluding diaryl/α,β-unsaturated/α-hetero) is 1. The Labute approximate surface area is 193 Å². The number of ketones is 1. The highest BCUT2D eigenvalue weighted by Gasteiger charge is 2.42. The molecule has 0 aromatic carbocycles. The first kappa shape index (κ1) is 25.5. The summed E-state index contributed by atoms with van der Waals surface area (Å²) in [7, 11) is 3.77. The molecule has 3 saturated heterocycles. The smallest absolute Gasteiger partial charge is 0.408 e. The van der Waals surface area contributed by atoms with Gasteiger partial charge in [-0.3, -0.25) is 4.79 Å². The van der Waals surface area contributed by atoms with Crippen LogP contribution in [0.25, 0.3) is 0 Å². The molecule has 0 aromatic heterocycles. The number of alkyl carbamates (subject to hydrolysis) is 1. The van der Waals surface area contributed by atoms with Gasteiger partial charge in [0.25, 0.3) is 0 Å². The molecule has 0 saturated carbocycles. The molecule has 3 aliphatic heterocycles. The number of ether oxygens (including phenoxy) is 4. The second kappa shape index (κ2) is 11.4. The number of amides is 1. The van der Waals surface area contributed by atoms with Gasteiger partial charge in [-0.05, 0) is 46.7 Å². The summed E-state index contributed by atoms with van der Waals surface area (Å²) >= 11 is 0. The SMILES string of the molecule is C[C@@H]1C[C@H](N(C)C)[C@@H](O)C(OC2CCCCCC3NC(=O)OC3C(=O)OC(=O)C(=O)CC2)O1. The number of fused-ring (bicyclic) bond motifs is 1. The van der Waals surface area contributed by atoms with Gasteiger partial charge in [0.1, 0.15) is 6.10 Å². The Balaban J connectivity index is 1.65. The molecule has 3 heterocycles. The summed E-state index contributed by atoms with van der Waals surface area (Å²) in [5.41, 5.74) is 0. The Bertz CT molecular complexity index is 743. The van der Waals surface area contributed by atoms with Crippen molar-refractivity contribution in [2.75, 3.05) is 14.1 Å².